The fraction of sp³-hybridized carbons (Fsp3) is 0.333. The van der Waals surface area contributed by atoms with E-state index in [1.807, 2.05) is 12.1 Å². The number of hydrogen-bond donors (Lipinski definition) is 1. The molecule has 0 spiro atoms. The molecule has 1 saturated heterocycles. The van der Waals surface area contributed by atoms with E-state index in [9.17, 15) is 9.59 Å². The zero-order valence-corrected chi connectivity index (χ0v) is 11.2. The first-order valence-electron chi connectivity index (χ1n) is 5.59. The first-order chi connectivity index (χ1) is 8.18. The minimum atomic E-state index is -0.286. The van der Waals surface area contributed by atoms with Crippen LogP contribution in [-0.2, 0) is 4.79 Å². The third kappa shape index (κ3) is 1.64. The highest BCUT2D eigenvalue weighted by atomic mass is 127. The lowest BCUT2D eigenvalue weighted by molar-refractivity contribution is -0.119. The van der Waals surface area contributed by atoms with Crippen molar-refractivity contribution < 1.29 is 9.59 Å². The van der Waals surface area contributed by atoms with Crippen molar-refractivity contribution in [2.45, 2.75) is 18.9 Å². The molecule has 1 N–H and O–H groups in total. The van der Waals surface area contributed by atoms with E-state index in [0.29, 0.717) is 17.8 Å². The zero-order valence-electron chi connectivity index (χ0n) is 9.07. The molecule has 2 amide bonds. The summed E-state index contributed by atoms with van der Waals surface area (Å²) in [6.07, 6.45) is 1.67. The van der Waals surface area contributed by atoms with Crippen LogP contribution in [0.2, 0.25) is 0 Å². The number of anilines is 1. The van der Waals surface area contributed by atoms with Gasteiger partial charge in [0.05, 0.1) is 11.3 Å². The molecule has 0 aliphatic carbocycles. The van der Waals surface area contributed by atoms with Gasteiger partial charge in [0.25, 0.3) is 5.91 Å². The van der Waals surface area contributed by atoms with Crippen LogP contribution in [0.3, 0.4) is 0 Å². The van der Waals surface area contributed by atoms with Crippen LogP contribution in [0, 0.1) is 3.57 Å². The van der Waals surface area contributed by atoms with Crippen LogP contribution in [-0.4, -0.2) is 29.3 Å². The summed E-state index contributed by atoms with van der Waals surface area (Å²) in [4.78, 5) is 26.1. The normalized spacial score (nSPS) is 22.9. The van der Waals surface area contributed by atoms with Crippen molar-refractivity contribution in [3.05, 3.63) is 27.3 Å². The summed E-state index contributed by atoms with van der Waals surface area (Å²) in [5.74, 6) is -0.0811. The number of halogens is 1. The molecule has 1 fully saturated rings. The number of amides is 2. The molecule has 0 radical (unpaired) electrons. The zero-order chi connectivity index (χ0) is 12.0. The molecular weight excluding hydrogens is 331 g/mol. The van der Waals surface area contributed by atoms with Gasteiger partial charge in [0.15, 0.2) is 0 Å². The first-order valence-corrected chi connectivity index (χ1v) is 6.66. The largest absolute Gasteiger partial charge is 0.327 e. The minimum absolute atomic E-state index is 0.0224. The van der Waals surface area contributed by atoms with Crippen LogP contribution in [0.25, 0.3) is 0 Å². The number of nitrogens with zero attached hydrogens (tertiary/aromatic N) is 1. The van der Waals surface area contributed by atoms with E-state index in [-0.39, 0.29) is 17.9 Å². The fourth-order valence-corrected chi connectivity index (χ4v) is 3.22. The lowest BCUT2D eigenvalue weighted by atomic mass is 10.1. The van der Waals surface area contributed by atoms with Crippen LogP contribution in [0.4, 0.5) is 5.69 Å². The molecule has 3 rings (SSSR count). The Kier molecular flexibility index (Phi) is 2.57. The van der Waals surface area contributed by atoms with Crippen molar-refractivity contribution in [2.24, 2.45) is 0 Å². The first kappa shape index (κ1) is 11.0. The van der Waals surface area contributed by atoms with Gasteiger partial charge < -0.3 is 10.2 Å². The van der Waals surface area contributed by atoms with Gasteiger partial charge in [0, 0.05) is 10.1 Å². The second kappa shape index (κ2) is 3.97. The second-order valence-corrected chi connectivity index (χ2v) is 5.47. The molecule has 17 heavy (non-hydrogen) atoms. The van der Waals surface area contributed by atoms with Gasteiger partial charge in [0.1, 0.15) is 6.04 Å². The maximum absolute atomic E-state index is 12.4. The van der Waals surface area contributed by atoms with E-state index in [1.165, 1.54) is 0 Å². The van der Waals surface area contributed by atoms with Crippen molar-refractivity contribution in [3.63, 3.8) is 0 Å². The predicted octanol–water partition coefficient (Wildman–Crippen LogP) is 1.85. The highest BCUT2D eigenvalue weighted by Crippen LogP contribution is 2.31. The number of benzene rings is 1. The van der Waals surface area contributed by atoms with E-state index < -0.39 is 0 Å². The van der Waals surface area contributed by atoms with Crippen molar-refractivity contribution in [1.29, 1.82) is 0 Å². The van der Waals surface area contributed by atoms with Crippen LogP contribution in [0.15, 0.2) is 18.2 Å². The van der Waals surface area contributed by atoms with Crippen molar-refractivity contribution in [2.75, 3.05) is 11.9 Å². The number of carbonyl (C=O) groups excluding carboxylic acids is 2. The number of rotatable bonds is 0. The van der Waals surface area contributed by atoms with Crippen LogP contribution >= 0.6 is 22.6 Å². The Balaban J connectivity index is 2.16. The Bertz CT molecular complexity index is 515. The van der Waals surface area contributed by atoms with Crippen LogP contribution in [0.5, 0.6) is 0 Å². The summed E-state index contributed by atoms with van der Waals surface area (Å²) in [6.45, 7) is 0.682. The average Bonchev–Trinajstić information content (AvgIpc) is 2.73. The van der Waals surface area contributed by atoms with E-state index in [2.05, 4.69) is 27.9 Å². The van der Waals surface area contributed by atoms with Crippen LogP contribution < -0.4 is 5.32 Å². The molecule has 0 saturated carbocycles. The van der Waals surface area contributed by atoms with Crippen molar-refractivity contribution >= 4 is 40.1 Å². The maximum Gasteiger partial charge on any atom is 0.257 e. The van der Waals surface area contributed by atoms with Crippen molar-refractivity contribution in [1.82, 2.24) is 4.90 Å². The quantitative estimate of drug-likeness (QED) is 0.732. The minimum Gasteiger partial charge on any atom is -0.327 e. The number of nitrogens with one attached hydrogen (secondary N) is 1. The maximum atomic E-state index is 12.4. The summed E-state index contributed by atoms with van der Waals surface area (Å²) in [6, 6.07) is 5.24. The Labute approximate surface area is 113 Å². The molecule has 88 valence electrons. The highest BCUT2D eigenvalue weighted by Gasteiger charge is 2.38. The van der Waals surface area contributed by atoms with Gasteiger partial charge in [-0.25, -0.2) is 0 Å². The molecule has 1 aromatic carbocycles. The summed E-state index contributed by atoms with van der Waals surface area (Å²) in [5.41, 5.74) is 1.27. The fourth-order valence-electron chi connectivity index (χ4n) is 2.49. The van der Waals surface area contributed by atoms with Gasteiger partial charge in [0.2, 0.25) is 5.91 Å². The van der Waals surface area contributed by atoms with Gasteiger partial charge in [-0.2, -0.15) is 0 Å². The van der Waals surface area contributed by atoms with Gasteiger partial charge in [-0.3, -0.25) is 9.59 Å². The third-order valence-electron chi connectivity index (χ3n) is 3.30. The van der Waals surface area contributed by atoms with E-state index >= 15 is 0 Å². The molecular formula is C12H11IN2O2. The topological polar surface area (TPSA) is 49.4 Å². The van der Waals surface area contributed by atoms with E-state index in [4.69, 9.17) is 0 Å². The summed E-state index contributed by atoms with van der Waals surface area (Å²) >= 11 is 2.14. The van der Waals surface area contributed by atoms with Gasteiger partial charge >= 0.3 is 0 Å². The molecule has 0 aromatic heterocycles. The Morgan fingerprint density at radius 2 is 2.18 bits per heavy atom. The molecule has 0 unspecified atom stereocenters. The Hall–Kier alpha value is -1.11. The van der Waals surface area contributed by atoms with Gasteiger partial charge in [-0.05, 0) is 47.6 Å². The highest BCUT2D eigenvalue weighted by molar-refractivity contribution is 14.1. The number of hydrogen-bond acceptors (Lipinski definition) is 2. The van der Waals surface area contributed by atoms with Crippen molar-refractivity contribution in [3.8, 4) is 0 Å². The lowest BCUT2D eigenvalue weighted by Gasteiger charge is -2.20. The molecule has 0 bridgehead atoms. The van der Waals surface area contributed by atoms with Gasteiger partial charge in [-0.15, -0.1) is 0 Å². The molecule has 1 aromatic rings. The smallest absolute Gasteiger partial charge is 0.257 e. The molecule has 2 heterocycles. The molecule has 1 atom stereocenters. The van der Waals surface area contributed by atoms with Crippen LogP contribution in [0.1, 0.15) is 23.2 Å². The average molecular weight is 342 g/mol. The summed E-state index contributed by atoms with van der Waals surface area (Å²) in [7, 11) is 0. The molecule has 5 heteroatoms. The second-order valence-electron chi connectivity index (χ2n) is 4.31. The SMILES string of the molecule is O=C1Nc2cccc(I)c2C(=O)N2CCC[C@@H]12. The number of fused-ring (bicyclic) bond motifs is 2. The van der Waals surface area contributed by atoms with Gasteiger partial charge in [-0.1, -0.05) is 6.07 Å². The predicted molar refractivity (Wildman–Crippen MR) is 71.8 cm³/mol. The summed E-state index contributed by atoms with van der Waals surface area (Å²) in [5, 5.41) is 2.86. The van der Waals surface area contributed by atoms with E-state index in [1.54, 1.807) is 11.0 Å². The summed E-state index contributed by atoms with van der Waals surface area (Å²) < 4.78 is 0.887. The Morgan fingerprint density at radius 3 is 3.00 bits per heavy atom. The lowest BCUT2D eigenvalue weighted by Crippen LogP contribution is -2.40. The third-order valence-corrected chi connectivity index (χ3v) is 4.20. The molecule has 2 aliphatic rings. The monoisotopic (exact) mass is 342 g/mol. The van der Waals surface area contributed by atoms with E-state index in [0.717, 1.165) is 16.4 Å². The standard InChI is InChI=1S/C12H11IN2O2/c13-7-3-1-4-8-10(7)12(17)15-6-2-5-9(15)11(16)14-8/h1,3-4,9H,2,5-6H2,(H,14,16)/t9-/m0/s1. The molecule has 2 aliphatic heterocycles. The Morgan fingerprint density at radius 1 is 1.35 bits per heavy atom. The molecule has 4 nitrogen and oxygen atoms in total. The number of carbonyl (C=O) groups is 2.